The van der Waals surface area contributed by atoms with Crippen molar-refractivity contribution in [3.8, 4) is 0 Å². The molecule has 4 nitrogen and oxygen atoms in total. The first-order valence-electron chi connectivity index (χ1n) is 6.52. The average molecular weight is 276 g/mol. The van der Waals surface area contributed by atoms with E-state index in [9.17, 15) is 0 Å². The van der Waals surface area contributed by atoms with Crippen LogP contribution in [0.5, 0.6) is 0 Å². The van der Waals surface area contributed by atoms with Crippen LogP contribution in [0, 0.1) is 13.8 Å². The molecule has 102 valence electrons. The number of thiophene rings is 1. The molecule has 5 heteroatoms. The van der Waals surface area contributed by atoms with E-state index in [-0.39, 0.29) is 0 Å². The molecule has 3 N–H and O–H groups in total. The number of nitrogens with one attached hydrogen (secondary N) is 1. The van der Waals surface area contributed by atoms with E-state index >= 15 is 0 Å². The van der Waals surface area contributed by atoms with Crippen molar-refractivity contribution in [2.24, 2.45) is 0 Å². The van der Waals surface area contributed by atoms with Gasteiger partial charge in [-0.3, -0.25) is 0 Å². The molecule has 0 radical (unpaired) electrons. The Balaban J connectivity index is 2.14. The molecule has 0 aliphatic rings. The molecule has 0 fully saturated rings. The van der Waals surface area contributed by atoms with Crippen LogP contribution < -0.4 is 11.1 Å². The molecule has 0 aliphatic heterocycles. The lowest BCUT2D eigenvalue weighted by Gasteiger charge is -2.11. The van der Waals surface area contributed by atoms with Gasteiger partial charge in [0.1, 0.15) is 17.5 Å². The Labute approximate surface area is 118 Å². The van der Waals surface area contributed by atoms with Gasteiger partial charge in [0.2, 0.25) is 0 Å². The van der Waals surface area contributed by atoms with Crippen molar-refractivity contribution in [3.05, 3.63) is 33.3 Å². The first-order chi connectivity index (χ1) is 9.10. The van der Waals surface area contributed by atoms with Crippen molar-refractivity contribution in [2.75, 3.05) is 11.1 Å². The molecule has 2 rings (SSSR count). The molecule has 0 spiro atoms. The van der Waals surface area contributed by atoms with Gasteiger partial charge in [0, 0.05) is 21.7 Å². The second-order valence-electron chi connectivity index (χ2n) is 4.61. The van der Waals surface area contributed by atoms with Crippen LogP contribution in [0.3, 0.4) is 0 Å². The molecule has 0 unspecified atom stereocenters. The maximum Gasteiger partial charge on any atom is 0.135 e. The van der Waals surface area contributed by atoms with Crippen LogP contribution in [0.15, 0.2) is 12.1 Å². The third-order valence-electron chi connectivity index (χ3n) is 2.93. The molecule has 0 saturated carbocycles. The van der Waals surface area contributed by atoms with Gasteiger partial charge < -0.3 is 11.1 Å². The average Bonchev–Trinajstić information content (AvgIpc) is 2.78. The Morgan fingerprint density at radius 1 is 1.26 bits per heavy atom. The van der Waals surface area contributed by atoms with Gasteiger partial charge >= 0.3 is 0 Å². The van der Waals surface area contributed by atoms with E-state index in [4.69, 9.17) is 5.73 Å². The zero-order valence-electron chi connectivity index (χ0n) is 11.7. The van der Waals surface area contributed by atoms with Crippen LogP contribution in [-0.4, -0.2) is 9.97 Å². The third kappa shape index (κ3) is 3.44. The van der Waals surface area contributed by atoms with Gasteiger partial charge in [-0.15, -0.1) is 11.3 Å². The number of aromatic nitrogens is 2. The zero-order valence-corrected chi connectivity index (χ0v) is 12.5. The normalized spacial score (nSPS) is 10.7. The van der Waals surface area contributed by atoms with Crippen LogP contribution >= 0.6 is 11.3 Å². The van der Waals surface area contributed by atoms with Crippen LogP contribution in [0.25, 0.3) is 0 Å². The molecule has 19 heavy (non-hydrogen) atoms. The maximum atomic E-state index is 5.94. The summed E-state index contributed by atoms with van der Waals surface area (Å²) in [6.07, 6.45) is 1.88. The third-order valence-corrected chi connectivity index (χ3v) is 3.93. The molecule has 0 atom stereocenters. The van der Waals surface area contributed by atoms with Gasteiger partial charge in [-0.2, -0.15) is 0 Å². The van der Waals surface area contributed by atoms with E-state index in [1.54, 1.807) is 11.3 Å². The van der Waals surface area contributed by atoms with Crippen LogP contribution in [0.2, 0.25) is 0 Å². The Bertz CT molecular complexity index is 563. The summed E-state index contributed by atoms with van der Waals surface area (Å²) in [6.45, 7) is 6.96. The van der Waals surface area contributed by atoms with E-state index in [0.29, 0.717) is 5.82 Å². The molecular formula is C14H20N4S. The molecule has 0 bridgehead atoms. The lowest BCUT2D eigenvalue weighted by Crippen LogP contribution is -2.09. The van der Waals surface area contributed by atoms with Crippen LogP contribution in [0.4, 0.5) is 11.6 Å². The van der Waals surface area contributed by atoms with Gasteiger partial charge in [-0.05, 0) is 32.4 Å². The smallest absolute Gasteiger partial charge is 0.135 e. The Morgan fingerprint density at radius 3 is 2.68 bits per heavy atom. The summed E-state index contributed by atoms with van der Waals surface area (Å²) in [5.74, 6) is 2.24. The largest absolute Gasteiger partial charge is 0.383 e. The predicted octanol–water partition coefficient (Wildman–Crippen LogP) is 3.30. The fourth-order valence-electron chi connectivity index (χ4n) is 1.84. The number of nitrogens with zero attached hydrogens (tertiary/aromatic N) is 2. The zero-order chi connectivity index (χ0) is 13.8. The lowest BCUT2D eigenvalue weighted by atomic mass is 10.2. The summed E-state index contributed by atoms with van der Waals surface area (Å²) >= 11 is 1.79. The fourth-order valence-corrected chi connectivity index (χ4v) is 2.67. The first-order valence-corrected chi connectivity index (χ1v) is 7.34. The van der Waals surface area contributed by atoms with Crippen LogP contribution in [-0.2, 0) is 13.0 Å². The van der Waals surface area contributed by atoms with Crippen molar-refractivity contribution >= 4 is 23.0 Å². The topological polar surface area (TPSA) is 63.8 Å². The highest BCUT2D eigenvalue weighted by atomic mass is 32.1. The molecule has 0 saturated heterocycles. The van der Waals surface area contributed by atoms with Crippen molar-refractivity contribution in [3.63, 3.8) is 0 Å². The minimum absolute atomic E-state index is 0.573. The highest BCUT2D eigenvalue weighted by Gasteiger charge is 2.08. The van der Waals surface area contributed by atoms with Gasteiger partial charge in [-0.25, -0.2) is 9.97 Å². The molecule has 2 aromatic rings. The standard InChI is InChI=1S/C14H20N4S/c1-4-5-12-17-13(15)10(3)14(18-12)16-8-11-7-6-9(2)19-11/h6-7H,4-5,8H2,1-3H3,(H3,15,16,17,18). The van der Waals surface area contributed by atoms with Crippen molar-refractivity contribution < 1.29 is 0 Å². The minimum atomic E-state index is 0.573. The molecule has 0 aliphatic carbocycles. The highest BCUT2D eigenvalue weighted by molar-refractivity contribution is 7.11. The minimum Gasteiger partial charge on any atom is -0.383 e. The van der Waals surface area contributed by atoms with Crippen molar-refractivity contribution in [2.45, 2.75) is 40.2 Å². The quantitative estimate of drug-likeness (QED) is 0.879. The summed E-state index contributed by atoms with van der Waals surface area (Å²) in [4.78, 5) is 11.5. The second-order valence-corrected chi connectivity index (χ2v) is 5.99. The van der Waals surface area contributed by atoms with Gasteiger partial charge in [-0.1, -0.05) is 6.92 Å². The molecule has 2 heterocycles. The fraction of sp³-hybridized carbons (Fsp3) is 0.429. The van der Waals surface area contributed by atoms with E-state index in [1.165, 1.54) is 9.75 Å². The van der Waals surface area contributed by atoms with Gasteiger partial charge in [0.05, 0.1) is 6.54 Å². The summed E-state index contributed by atoms with van der Waals surface area (Å²) < 4.78 is 0. The summed E-state index contributed by atoms with van der Waals surface area (Å²) in [5, 5.41) is 3.36. The number of hydrogen-bond acceptors (Lipinski definition) is 5. The SMILES string of the molecule is CCCc1nc(N)c(C)c(NCc2ccc(C)s2)n1. The number of hydrogen-bond donors (Lipinski definition) is 2. The molecule has 0 aromatic carbocycles. The summed E-state index contributed by atoms with van der Waals surface area (Å²) in [7, 11) is 0. The van der Waals surface area contributed by atoms with E-state index in [1.807, 2.05) is 6.92 Å². The molecule has 0 amide bonds. The van der Waals surface area contributed by atoms with Crippen molar-refractivity contribution in [1.29, 1.82) is 0 Å². The van der Waals surface area contributed by atoms with E-state index < -0.39 is 0 Å². The summed E-state index contributed by atoms with van der Waals surface area (Å²) in [6, 6.07) is 4.27. The van der Waals surface area contributed by atoms with E-state index in [0.717, 1.165) is 36.6 Å². The van der Waals surface area contributed by atoms with Crippen LogP contribution in [0.1, 0.15) is 34.5 Å². The second kappa shape index (κ2) is 6.02. The van der Waals surface area contributed by atoms with Crippen molar-refractivity contribution in [1.82, 2.24) is 9.97 Å². The Morgan fingerprint density at radius 2 is 2.05 bits per heavy atom. The van der Waals surface area contributed by atoms with Gasteiger partial charge in [0.15, 0.2) is 0 Å². The predicted molar refractivity (Wildman–Crippen MR) is 81.6 cm³/mol. The lowest BCUT2D eigenvalue weighted by molar-refractivity contribution is 0.833. The van der Waals surface area contributed by atoms with E-state index in [2.05, 4.69) is 41.3 Å². The number of anilines is 2. The Hall–Kier alpha value is -1.62. The summed E-state index contributed by atoms with van der Waals surface area (Å²) in [5.41, 5.74) is 6.86. The number of rotatable bonds is 5. The molecular weight excluding hydrogens is 256 g/mol. The number of nitrogen functional groups attached to an aromatic ring is 1. The monoisotopic (exact) mass is 276 g/mol. The number of aryl methyl sites for hydroxylation is 2. The molecule has 2 aromatic heterocycles. The first kappa shape index (κ1) is 13.8. The maximum absolute atomic E-state index is 5.94. The van der Waals surface area contributed by atoms with Gasteiger partial charge in [0.25, 0.3) is 0 Å². The Kier molecular flexibility index (Phi) is 4.37. The number of nitrogens with two attached hydrogens (primary N) is 1. The highest BCUT2D eigenvalue weighted by Crippen LogP contribution is 2.21.